The summed E-state index contributed by atoms with van der Waals surface area (Å²) >= 11 is 0. The van der Waals surface area contributed by atoms with Crippen LogP contribution in [0.25, 0.3) is 54.5 Å². The summed E-state index contributed by atoms with van der Waals surface area (Å²) in [5, 5.41) is 23.8. The van der Waals surface area contributed by atoms with Gasteiger partial charge in [0.1, 0.15) is 41.7 Å². The average Bonchev–Trinajstić information content (AvgIpc) is 4.17. The molecule has 0 saturated carbocycles. The predicted octanol–water partition coefficient (Wildman–Crippen LogP) is 9.94. The summed E-state index contributed by atoms with van der Waals surface area (Å²) in [6.07, 6.45) is 4.47. The highest BCUT2D eigenvalue weighted by Crippen LogP contribution is 2.37. The van der Waals surface area contributed by atoms with Gasteiger partial charge in [-0.3, -0.25) is 19.0 Å². The Bertz CT molecular complexity index is 3020. The van der Waals surface area contributed by atoms with Crippen LogP contribution in [0.4, 0.5) is 33.7 Å². The number of benzene rings is 4. The van der Waals surface area contributed by atoms with Crippen molar-refractivity contribution in [3.63, 3.8) is 0 Å². The molecule has 0 unspecified atom stereocenters. The third-order valence-corrected chi connectivity index (χ3v) is 11.3. The fraction of sp³-hybridized carbons (Fsp3) is 0.327. The molecule has 16 nitrogen and oxygen atoms in total. The number of carboxylic acids is 1. The molecule has 376 valence electrons. The first-order valence-electron chi connectivity index (χ1n) is 22.7. The molecule has 2 fully saturated rings. The first kappa shape index (κ1) is 53.1. The van der Waals surface area contributed by atoms with E-state index in [0.717, 1.165) is 12.0 Å². The molecule has 2 aliphatic rings. The van der Waals surface area contributed by atoms with E-state index in [1.165, 1.54) is 97.8 Å². The minimum Gasteiger partial charge on any atom is -0.494 e. The monoisotopic (exact) mass is 991 g/mol. The Kier molecular flexibility index (Phi) is 17.4. The summed E-state index contributed by atoms with van der Waals surface area (Å²) in [6.45, 7) is 24.3. The van der Waals surface area contributed by atoms with Gasteiger partial charge in [-0.1, -0.05) is 43.3 Å². The highest BCUT2D eigenvalue weighted by molar-refractivity contribution is 5.84. The quantitative estimate of drug-likeness (QED) is 0.0839. The number of methoxy groups -OCH3 is 2. The van der Waals surface area contributed by atoms with Crippen molar-refractivity contribution in [3.05, 3.63) is 131 Å². The van der Waals surface area contributed by atoms with E-state index in [1.807, 2.05) is 0 Å². The van der Waals surface area contributed by atoms with Crippen molar-refractivity contribution < 1.29 is 51.3 Å². The molecule has 0 spiro atoms. The number of hydrogen-bond donors (Lipinski definition) is 3. The number of amides is 2. The molecule has 0 radical (unpaired) electrons. The molecule has 3 N–H and O–H groups in total. The van der Waals surface area contributed by atoms with Crippen molar-refractivity contribution in [1.82, 2.24) is 35.1 Å². The Morgan fingerprint density at radius 3 is 1.62 bits per heavy atom. The maximum absolute atomic E-state index is 14.5. The number of rotatable bonds is 11. The van der Waals surface area contributed by atoms with Crippen molar-refractivity contribution in [2.75, 3.05) is 40.4 Å². The zero-order valence-electron chi connectivity index (χ0n) is 40.4. The number of carbonyl (C=O) groups is 3. The van der Waals surface area contributed by atoms with Crippen molar-refractivity contribution >= 4 is 29.3 Å². The number of nitrogens with one attached hydrogen (secondary N) is 2. The van der Waals surface area contributed by atoms with Crippen LogP contribution in [0.5, 0.6) is 11.5 Å². The number of nitrogens with zero attached hydrogens (tertiary/aromatic N) is 7. The Hall–Kier alpha value is -8.23. The molecule has 72 heavy (non-hydrogen) atoms. The molecule has 2 amide bonds. The second kappa shape index (κ2) is 23.6. The van der Waals surface area contributed by atoms with E-state index in [0.29, 0.717) is 58.6 Å². The minimum absolute atomic E-state index is 0.0608. The van der Waals surface area contributed by atoms with Gasteiger partial charge in [-0.15, -0.1) is 0 Å². The second-order valence-electron chi connectivity index (χ2n) is 17.9. The molecule has 4 aromatic carbocycles. The molecular weight excluding hydrogens is 939 g/mol. The number of carboxylic acid groups (broad SMARTS) is 1. The van der Waals surface area contributed by atoms with Gasteiger partial charge >= 0.3 is 12.1 Å². The minimum atomic E-state index is -1.11. The van der Waals surface area contributed by atoms with Crippen LogP contribution in [0.3, 0.4) is 0 Å². The number of aromatic nitrogens is 4. The Morgan fingerprint density at radius 1 is 0.750 bits per heavy atom. The maximum Gasteiger partial charge on any atom is 0.407 e. The van der Waals surface area contributed by atoms with E-state index in [9.17, 15) is 31.9 Å². The number of hydrogen-bond acceptors (Lipinski definition) is 9. The van der Waals surface area contributed by atoms with Crippen LogP contribution >= 0.6 is 0 Å². The molecule has 2 saturated heterocycles. The van der Waals surface area contributed by atoms with Gasteiger partial charge in [-0.25, -0.2) is 32.0 Å². The number of alkyl carbamates (subject to hydrolysis) is 1. The summed E-state index contributed by atoms with van der Waals surface area (Å²) in [5.74, 6) is -2.87. The van der Waals surface area contributed by atoms with Crippen LogP contribution in [0, 0.1) is 42.3 Å². The molecule has 4 heterocycles. The van der Waals surface area contributed by atoms with Crippen molar-refractivity contribution in [2.24, 2.45) is 5.92 Å². The molecule has 20 heteroatoms. The number of ether oxygens (including phenoxy) is 3. The van der Waals surface area contributed by atoms with Gasteiger partial charge in [0.15, 0.2) is 23.1 Å². The molecule has 8 rings (SSSR count). The van der Waals surface area contributed by atoms with Gasteiger partial charge in [0.05, 0.1) is 33.4 Å². The van der Waals surface area contributed by atoms with Crippen molar-refractivity contribution in [1.29, 1.82) is 0 Å². The number of carbonyl (C=O) groups excluding carboxylic acids is 2. The third-order valence-electron chi connectivity index (χ3n) is 11.3. The van der Waals surface area contributed by atoms with Gasteiger partial charge in [0, 0.05) is 47.7 Å². The SMILES string of the molecule is C[C@H]1CCNC1.[C-]#[N+]c1ccc(-c2nn(CC(=O)N3CC[C@H](NC(=O)OC(C)(C)C)C3)cc2-c2ccc(OC)c(F)c2)cc1F.[C-]#[N+]c1ccc(-c2nn(CC(=O)O)cc2-c2ccc(OC)c(F)c2)cc1F. The zero-order valence-corrected chi connectivity index (χ0v) is 40.4. The zero-order chi connectivity index (χ0) is 52.3. The molecule has 0 bridgehead atoms. The normalized spacial score (nSPS) is 15.0. The third kappa shape index (κ3) is 13.8. The summed E-state index contributed by atoms with van der Waals surface area (Å²) in [6, 6.07) is 16.5. The van der Waals surface area contributed by atoms with Gasteiger partial charge in [0.2, 0.25) is 17.3 Å². The highest BCUT2D eigenvalue weighted by Gasteiger charge is 2.30. The summed E-state index contributed by atoms with van der Waals surface area (Å²) in [4.78, 5) is 44.0. The molecule has 0 aliphatic carbocycles. The first-order valence-corrected chi connectivity index (χ1v) is 22.7. The largest absolute Gasteiger partial charge is 0.494 e. The molecule has 2 atom stereocenters. The van der Waals surface area contributed by atoms with E-state index < -0.39 is 47.5 Å². The van der Waals surface area contributed by atoms with Gasteiger partial charge in [-0.05, 0) is 100 Å². The Balaban J connectivity index is 0.000000221. The van der Waals surface area contributed by atoms with E-state index >= 15 is 0 Å². The lowest BCUT2D eigenvalue weighted by Gasteiger charge is -2.22. The number of halogens is 4. The highest BCUT2D eigenvalue weighted by atomic mass is 19.1. The topological polar surface area (TPSA) is 171 Å². The molecule has 2 aliphatic heterocycles. The Morgan fingerprint density at radius 2 is 1.24 bits per heavy atom. The van der Waals surface area contributed by atoms with Gasteiger partial charge in [-0.2, -0.15) is 10.2 Å². The first-order chi connectivity index (χ1) is 34.3. The van der Waals surface area contributed by atoms with E-state index in [2.05, 4.69) is 37.4 Å². The number of aliphatic carboxylic acids is 1. The standard InChI is InChI=1S/C28H29F2N5O4.C19H13F2N3O3.C5H11N/c1-28(2,3)39-27(37)32-19-10-11-34(14-19)25(36)16-35-15-20(17-7-9-24(38-5)22(30)12-17)26(33-35)18-6-8-23(31-4)21(29)13-18;1-22-16-5-3-12(8-14(16)20)19-13(9-24(23-19)10-18(25)26)11-4-6-17(27-2)15(21)7-11;1-5-2-3-6-4-5/h6-9,12-13,15,19H,10-11,14,16H2,1-3,5H3,(H,32,37);3-9H,10H2,2H3,(H,25,26);5-6H,2-4H2,1H3/t19-;;5-/m0.0/s1. The maximum atomic E-state index is 14.5. The van der Waals surface area contributed by atoms with Crippen molar-refractivity contribution in [2.45, 2.75) is 65.3 Å². The number of likely N-dealkylation sites (tertiary alicyclic amines) is 1. The fourth-order valence-corrected chi connectivity index (χ4v) is 7.77. The second-order valence-corrected chi connectivity index (χ2v) is 17.9. The molecule has 2 aromatic heterocycles. The van der Waals surface area contributed by atoms with E-state index in [1.54, 1.807) is 50.1 Å². The van der Waals surface area contributed by atoms with Crippen LogP contribution in [0.2, 0.25) is 0 Å². The lowest BCUT2D eigenvalue weighted by Crippen LogP contribution is -2.41. The molecule has 6 aromatic rings. The van der Waals surface area contributed by atoms with Crippen LogP contribution in [0.15, 0.2) is 85.2 Å². The summed E-state index contributed by atoms with van der Waals surface area (Å²) < 4.78 is 74.9. The van der Waals surface area contributed by atoms with Crippen LogP contribution in [0.1, 0.15) is 40.5 Å². The fourth-order valence-electron chi connectivity index (χ4n) is 7.77. The summed E-state index contributed by atoms with van der Waals surface area (Å²) in [7, 11) is 2.71. The average molecular weight is 992 g/mol. The Labute approximate surface area is 413 Å². The van der Waals surface area contributed by atoms with Gasteiger partial charge < -0.3 is 34.9 Å². The van der Waals surface area contributed by atoms with E-state index in [4.69, 9.17) is 32.5 Å². The smallest absolute Gasteiger partial charge is 0.407 e. The summed E-state index contributed by atoms with van der Waals surface area (Å²) in [5.41, 5.74) is 2.21. The van der Waals surface area contributed by atoms with Crippen LogP contribution in [-0.2, 0) is 27.4 Å². The van der Waals surface area contributed by atoms with E-state index in [-0.39, 0.29) is 47.1 Å². The van der Waals surface area contributed by atoms with Crippen LogP contribution in [-0.4, -0.2) is 99.6 Å². The molecular formula is C52H53F4N9O7. The van der Waals surface area contributed by atoms with Crippen LogP contribution < -0.4 is 20.1 Å². The lowest BCUT2D eigenvalue weighted by molar-refractivity contribution is -0.138. The van der Waals surface area contributed by atoms with Gasteiger partial charge in [0.25, 0.3) is 0 Å². The predicted molar refractivity (Wildman–Crippen MR) is 260 cm³/mol. The van der Waals surface area contributed by atoms with Crippen molar-refractivity contribution in [3.8, 4) is 56.3 Å². The lowest BCUT2D eigenvalue weighted by atomic mass is 10.0.